The van der Waals surface area contributed by atoms with Crippen LogP contribution in [0.2, 0.25) is 0 Å². The highest BCUT2D eigenvalue weighted by Crippen LogP contribution is 2.26. The van der Waals surface area contributed by atoms with Crippen molar-refractivity contribution in [3.63, 3.8) is 0 Å². The molecule has 0 aliphatic rings. The Morgan fingerprint density at radius 1 is 1.35 bits per heavy atom. The lowest BCUT2D eigenvalue weighted by Gasteiger charge is -2.23. The minimum Gasteiger partial charge on any atom is -0.496 e. The Labute approximate surface area is 121 Å². The summed E-state index contributed by atoms with van der Waals surface area (Å²) in [5.74, 6) is 0.857. The van der Waals surface area contributed by atoms with Gasteiger partial charge in [0, 0.05) is 12.1 Å². The maximum atomic E-state index is 12.3. The van der Waals surface area contributed by atoms with E-state index in [1.54, 1.807) is 7.11 Å². The monoisotopic (exact) mass is 278 g/mol. The topological polar surface area (TPSA) is 64.3 Å². The van der Waals surface area contributed by atoms with Crippen LogP contribution in [0.5, 0.6) is 5.75 Å². The Kier molecular flexibility index (Phi) is 6.02. The fraction of sp³-hybridized carbons (Fsp3) is 0.562. The van der Waals surface area contributed by atoms with Gasteiger partial charge in [-0.05, 0) is 25.8 Å². The van der Waals surface area contributed by atoms with Crippen LogP contribution in [0, 0.1) is 18.8 Å². The fourth-order valence-electron chi connectivity index (χ4n) is 2.27. The molecule has 0 aliphatic carbocycles. The largest absolute Gasteiger partial charge is 0.496 e. The van der Waals surface area contributed by atoms with Crippen molar-refractivity contribution < 1.29 is 9.53 Å². The van der Waals surface area contributed by atoms with E-state index in [2.05, 4.69) is 5.32 Å². The average Bonchev–Trinajstić information content (AvgIpc) is 2.38. The molecule has 0 spiro atoms. The van der Waals surface area contributed by atoms with Gasteiger partial charge in [-0.3, -0.25) is 4.79 Å². The highest BCUT2D eigenvalue weighted by molar-refractivity contribution is 5.79. The molecule has 0 saturated carbocycles. The molecule has 4 nitrogen and oxygen atoms in total. The average molecular weight is 278 g/mol. The van der Waals surface area contributed by atoms with Gasteiger partial charge in [0.15, 0.2) is 0 Å². The van der Waals surface area contributed by atoms with Crippen LogP contribution in [-0.4, -0.2) is 19.6 Å². The van der Waals surface area contributed by atoms with Crippen LogP contribution in [0.3, 0.4) is 0 Å². The van der Waals surface area contributed by atoms with Crippen LogP contribution in [0.15, 0.2) is 18.2 Å². The van der Waals surface area contributed by atoms with Crippen molar-refractivity contribution in [2.75, 3.05) is 13.7 Å². The Morgan fingerprint density at radius 3 is 2.50 bits per heavy atom. The summed E-state index contributed by atoms with van der Waals surface area (Å²) in [5.41, 5.74) is 7.81. The molecule has 1 aromatic rings. The molecule has 1 rings (SSSR count). The van der Waals surface area contributed by atoms with Gasteiger partial charge >= 0.3 is 0 Å². The van der Waals surface area contributed by atoms with E-state index in [9.17, 15) is 4.79 Å². The third-order valence-electron chi connectivity index (χ3n) is 3.61. The molecule has 0 fully saturated rings. The van der Waals surface area contributed by atoms with Crippen molar-refractivity contribution in [1.29, 1.82) is 0 Å². The molecular formula is C16H26N2O2. The smallest absolute Gasteiger partial charge is 0.225 e. The molecule has 3 N–H and O–H groups in total. The third-order valence-corrected chi connectivity index (χ3v) is 3.61. The summed E-state index contributed by atoms with van der Waals surface area (Å²) in [6.45, 7) is 8.36. The van der Waals surface area contributed by atoms with Gasteiger partial charge < -0.3 is 15.8 Å². The molecule has 0 aromatic heterocycles. The number of benzene rings is 1. The van der Waals surface area contributed by atoms with E-state index in [4.69, 9.17) is 10.5 Å². The van der Waals surface area contributed by atoms with Gasteiger partial charge in [0.2, 0.25) is 5.91 Å². The zero-order valence-electron chi connectivity index (χ0n) is 13.1. The number of hydrogen-bond acceptors (Lipinski definition) is 3. The molecule has 0 bridgehead atoms. The van der Waals surface area contributed by atoms with Crippen LogP contribution < -0.4 is 15.8 Å². The molecule has 20 heavy (non-hydrogen) atoms. The third kappa shape index (κ3) is 3.97. The summed E-state index contributed by atoms with van der Waals surface area (Å²) in [6, 6.07) is 5.85. The van der Waals surface area contributed by atoms with E-state index in [0.717, 1.165) is 16.9 Å². The van der Waals surface area contributed by atoms with Gasteiger partial charge in [0.25, 0.3) is 0 Å². The highest BCUT2D eigenvalue weighted by atomic mass is 16.5. The Morgan fingerprint density at radius 2 is 2.00 bits per heavy atom. The van der Waals surface area contributed by atoms with Crippen LogP contribution in [0.25, 0.3) is 0 Å². The molecule has 0 saturated heterocycles. The van der Waals surface area contributed by atoms with E-state index in [-0.39, 0.29) is 23.8 Å². The fourth-order valence-corrected chi connectivity index (χ4v) is 2.27. The number of nitrogens with one attached hydrogen (secondary N) is 1. The first-order valence-corrected chi connectivity index (χ1v) is 7.05. The lowest BCUT2D eigenvalue weighted by atomic mass is 9.94. The Hall–Kier alpha value is -1.55. The quantitative estimate of drug-likeness (QED) is 0.840. The van der Waals surface area contributed by atoms with Crippen LogP contribution in [0.1, 0.15) is 37.9 Å². The lowest BCUT2D eigenvalue weighted by Crippen LogP contribution is -2.39. The lowest BCUT2D eigenvalue weighted by molar-refractivity contribution is -0.126. The molecule has 0 aliphatic heterocycles. The summed E-state index contributed by atoms with van der Waals surface area (Å²) >= 11 is 0. The van der Waals surface area contributed by atoms with Crippen LogP contribution in [-0.2, 0) is 4.79 Å². The van der Waals surface area contributed by atoms with Crippen LogP contribution in [0.4, 0.5) is 0 Å². The highest BCUT2D eigenvalue weighted by Gasteiger charge is 2.23. The summed E-state index contributed by atoms with van der Waals surface area (Å²) in [6.07, 6.45) is 0. The molecule has 112 valence electrons. The van der Waals surface area contributed by atoms with Crippen molar-refractivity contribution in [2.45, 2.75) is 33.7 Å². The SMILES string of the molecule is COc1ccc(C)cc1C(C)NC(=O)C(CN)C(C)C. The first-order valence-electron chi connectivity index (χ1n) is 7.05. The predicted octanol–water partition coefficient (Wildman–Crippen LogP) is 2.41. The molecule has 1 aromatic carbocycles. The first kappa shape index (κ1) is 16.5. The van der Waals surface area contributed by atoms with E-state index in [1.165, 1.54) is 0 Å². The minimum atomic E-state index is -0.159. The van der Waals surface area contributed by atoms with Gasteiger partial charge in [-0.2, -0.15) is 0 Å². The minimum absolute atomic E-state index is 0.00133. The number of ether oxygens (including phenoxy) is 1. The Balaban J connectivity index is 2.88. The number of carbonyl (C=O) groups excluding carboxylic acids is 1. The van der Waals surface area contributed by atoms with Gasteiger partial charge in [0.05, 0.1) is 19.1 Å². The molecule has 2 atom stereocenters. The second-order valence-electron chi connectivity index (χ2n) is 5.56. The summed E-state index contributed by atoms with van der Waals surface area (Å²) in [5, 5.41) is 3.03. The summed E-state index contributed by atoms with van der Waals surface area (Å²) in [7, 11) is 1.64. The van der Waals surface area contributed by atoms with E-state index in [1.807, 2.05) is 45.9 Å². The number of carbonyl (C=O) groups is 1. The molecule has 0 heterocycles. The van der Waals surface area contributed by atoms with Crippen molar-refractivity contribution in [1.82, 2.24) is 5.32 Å². The van der Waals surface area contributed by atoms with Crippen molar-refractivity contribution in [2.24, 2.45) is 17.6 Å². The summed E-state index contributed by atoms with van der Waals surface area (Å²) < 4.78 is 5.36. The maximum Gasteiger partial charge on any atom is 0.225 e. The number of amides is 1. The molecule has 4 heteroatoms. The standard InChI is InChI=1S/C16H26N2O2/c1-10(2)14(9-17)16(19)18-12(4)13-8-11(3)6-7-15(13)20-5/h6-8,10,12,14H,9,17H2,1-5H3,(H,18,19). The number of methoxy groups -OCH3 is 1. The van der Waals surface area contributed by atoms with E-state index in [0.29, 0.717) is 6.54 Å². The van der Waals surface area contributed by atoms with Crippen molar-refractivity contribution in [3.8, 4) is 5.75 Å². The molecule has 0 radical (unpaired) electrons. The number of hydrogen-bond donors (Lipinski definition) is 2. The molecule has 2 unspecified atom stereocenters. The zero-order valence-corrected chi connectivity index (χ0v) is 13.1. The van der Waals surface area contributed by atoms with Crippen LogP contribution >= 0.6 is 0 Å². The molecular weight excluding hydrogens is 252 g/mol. The van der Waals surface area contributed by atoms with E-state index >= 15 is 0 Å². The normalized spacial score (nSPS) is 13.9. The number of rotatable bonds is 6. The first-order chi connectivity index (χ1) is 9.40. The van der Waals surface area contributed by atoms with Gasteiger partial charge in [0.1, 0.15) is 5.75 Å². The zero-order chi connectivity index (χ0) is 15.3. The second-order valence-corrected chi connectivity index (χ2v) is 5.56. The van der Waals surface area contributed by atoms with Crippen molar-refractivity contribution >= 4 is 5.91 Å². The van der Waals surface area contributed by atoms with E-state index < -0.39 is 0 Å². The van der Waals surface area contributed by atoms with Crippen molar-refractivity contribution in [3.05, 3.63) is 29.3 Å². The number of nitrogens with two attached hydrogens (primary N) is 1. The Bertz CT molecular complexity index is 458. The molecule has 1 amide bonds. The van der Waals surface area contributed by atoms with Gasteiger partial charge in [-0.15, -0.1) is 0 Å². The van der Waals surface area contributed by atoms with Gasteiger partial charge in [-0.25, -0.2) is 0 Å². The van der Waals surface area contributed by atoms with Gasteiger partial charge in [-0.1, -0.05) is 31.5 Å². The number of aryl methyl sites for hydroxylation is 1. The maximum absolute atomic E-state index is 12.3. The second kappa shape index (κ2) is 7.29. The summed E-state index contributed by atoms with van der Waals surface area (Å²) in [4.78, 5) is 12.3. The predicted molar refractivity (Wildman–Crippen MR) is 81.7 cm³/mol.